The number of benzene rings is 2. The smallest absolute Gasteiger partial charge is 0.173 e. The Bertz CT molecular complexity index is 654. The topological polar surface area (TPSA) is 67.8 Å². The summed E-state index contributed by atoms with van der Waals surface area (Å²) < 4.78 is 44.5. The fourth-order valence-electron chi connectivity index (χ4n) is 1.56. The Morgan fingerprint density at radius 1 is 1.00 bits per heavy atom. The predicted molar refractivity (Wildman–Crippen MR) is 65.3 cm³/mol. The molecule has 0 aliphatic heterocycles. The van der Waals surface area contributed by atoms with E-state index in [0.717, 1.165) is 24.3 Å². The first-order chi connectivity index (χ1) is 9.49. The fourth-order valence-corrected chi connectivity index (χ4v) is 1.56. The van der Waals surface area contributed by atoms with Gasteiger partial charge in [0.05, 0.1) is 5.56 Å². The molecule has 7 heteroatoms. The van der Waals surface area contributed by atoms with Gasteiger partial charge in [0.1, 0.15) is 29.0 Å². The largest absolute Gasteiger partial charge is 0.456 e. The first-order valence-corrected chi connectivity index (χ1v) is 5.41. The molecule has 2 rings (SSSR count). The molecule has 3 N–H and O–H groups in total. The lowest BCUT2D eigenvalue weighted by Gasteiger charge is -2.10. The van der Waals surface area contributed by atoms with Gasteiger partial charge in [0.15, 0.2) is 5.84 Å². The second-order valence-electron chi connectivity index (χ2n) is 3.83. The molecule has 0 aliphatic rings. The molecule has 0 fully saturated rings. The molecule has 4 nitrogen and oxygen atoms in total. The van der Waals surface area contributed by atoms with Crippen LogP contribution in [0.5, 0.6) is 11.5 Å². The summed E-state index contributed by atoms with van der Waals surface area (Å²) in [6.45, 7) is 0. The zero-order valence-electron chi connectivity index (χ0n) is 9.98. The molecular weight excluding hydrogens is 273 g/mol. The minimum atomic E-state index is -0.826. The Morgan fingerprint density at radius 2 is 1.65 bits per heavy atom. The van der Waals surface area contributed by atoms with E-state index >= 15 is 0 Å². The van der Waals surface area contributed by atoms with Crippen LogP contribution in [0.25, 0.3) is 0 Å². The fraction of sp³-hybridized carbons (Fsp3) is 0. The van der Waals surface area contributed by atoms with Crippen molar-refractivity contribution >= 4 is 5.84 Å². The number of rotatable bonds is 3. The maximum atomic E-state index is 13.1. The molecule has 0 heterocycles. The summed E-state index contributed by atoms with van der Waals surface area (Å²) in [5.41, 5.74) is 5.34. The number of amidine groups is 1. The first kappa shape index (κ1) is 13.7. The van der Waals surface area contributed by atoms with Crippen LogP contribution in [-0.4, -0.2) is 11.0 Å². The van der Waals surface area contributed by atoms with Gasteiger partial charge in [-0.1, -0.05) is 5.16 Å². The van der Waals surface area contributed by atoms with Gasteiger partial charge in [-0.2, -0.15) is 0 Å². The van der Waals surface area contributed by atoms with Crippen LogP contribution < -0.4 is 10.5 Å². The highest BCUT2D eigenvalue weighted by molar-refractivity contribution is 5.99. The van der Waals surface area contributed by atoms with Crippen molar-refractivity contribution in [3.63, 3.8) is 0 Å². The minimum Gasteiger partial charge on any atom is -0.456 e. The molecule has 0 saturated carbocycles. The van der Waals surface area contributed by atoms with Gasteiger partial charge in [-0.25, -0.2) is 13.2 Å². The number of oxime groups is 1. The van der Waals surface area contributed by atoms with E-state index in [1.807, 2.05) is 0 Å². The molecule has 0 aromatic heterocycles. The highest BCUT2D eigenvalue weighted by Crippen LogP contribution is 2.27. The van der Waals surface area contributed by atoms with E-state index in [4.69, 9.17) is 15.7 Å². The Kier molecular flexibility index (Phi) is 3.79. The minimum absolute atomic E-state index is 0.00769. The molecule has 0 aliphatic carbocycles. The highest BCUT2D eigenvalue weighted by Gasteiger charge is 2.12. The van der Waals surface area contributed by atoms with Crippen LogP contribution >= 0.6 is 0 Å². The number of hydrogen-bond donors (Lipinski definition) is 2. The molecule has 0 spiro atoms. The Labute approximate surface area is 111 Å². The zero-order valence-corrected chi connectivity index (χ0v) is 9.98. The van der Waals surface area contributed by atoms with Gasteiger partial charge in [-0.3, -0.25) is 0 Å². The van der Waals surface area contributed by atoms with Gasteiger partial charge >= 0.3 is 0 Å². The third-order valence-electron chi connectivity index (χ3n) is 2.39. The van der Waals surface area contributed by atoms with E-state index < -0.39 is 23.3 Å². The summed E-state index contributed by atoms with van der Waals surface area (Å²) in [7, 11) is 0. The van der Waals surface area contributed by atoms with Crippen molar-refractivity contribution < 1.29 is 23.1 Å². The monoisotopic (exact) mass is 282 g/mol. The van der Waals surface area contributed by atoms with E-state index in [9.17, 15) is 13.2 Å². The molecule has 0 atom stereocenters. The molecule has 0 bridgehead atoms. The number of nitrogens with two attached hydrogens (primary N) is 1. The van der Waals surface area contributed by atoms with Gasteiger partial charge in [0.25, 0.3) is 0 Å². The lowest BCUT2D eigenvalue weighted by Crippen LogP contribution is -2.14. The molecule has 0 unspecified atom stereocenters. The van der Waals surface area contributed by atoms with Gasteiger partial charge < -0.3 is 15.7 Å². The van der Waals surface area contributed by atoms with Crippen molar-refractivity contribution in [3.05, 3.63) is 59.4 Å². The van der Waals surface area contributed by atoms with E-state index in [2.05, 4.69) is 5.16 Å². The molecule has 104 valence electrons. The van der Waals surface area contributed by atoms with Crippen molar-refractivity contribution in [2.45, 2.75) is 0 Å². The summed E-state index contributed by atoms with van der Waals surface area (Å²) in [6.07, 6.45) is 0. The van der Waals surface area contributed by atoms with Crippen LogP contribution in [-0.2, 0) is 0 Å². The highest BCUT2D eigenvalue weighted by atomic mass is 19.1. The second kappa shape index (κ2) is 5.52. The van der Waals surface area contributed by atoms with E-state index in [1.165, 1.54) is 6.07 Å². The van der Waals surface area contributed by atoms with Gasteiger partial charge in [0.2, 0.25) is 0 Å². The molecule has 2 aromatic carbocycles. The lowest BCUT2D eigenvalue weighted by molar-refractivity contribution is 0.318. The second-order valence-corrected chi connectivity index (χ2v) is 3.83. The number of halogens is 3. The van der Waals surface area contributed by atoms with Crippen LogP contribution in [0.1, 0.15) is 5.56 Å². The van der Waals surface area contributed by atoms with Crippen molar-refractivity contribution in [1.29, 1.82) is 0 Å². The molecule has 0 radical (unpaired) electrons. The van der Waals surface area contributed by atoms with Crippen LogP contribution in [0.15, 0.2) is 41.6 Å². The van der Waals surface area contributed by atoms with Crippen molar-refractivity contribution in [1.82, 2.24) is 0 Å². The first-order valence-electron chi connectivity index (χ1n) is 5.41. The van der Waals surface area contributed by atoms with E-state index in [-0.39, 0.29) is 17.1 Å². The van der Waals surface area contributed by atoms with Gasteiger partial charge in [0, 0.05) is 18.2 Å². The maximum absolute atomic E-state index is 13.1. The third kappa shape index (κ3) is 3.00. The molecular formula is C13H9F3N2O2. The van der Waals surface area contributed by atoms with Crippen LogP contribution in [0.3, 0.4) is 0 Å². The quantitative estimate of drug-likeness (QED) is 0.393. The summed E-state index contributed by atoms with van der Waals surface area (Å²) in [5, 5.41) is 11.4. The standard InChI is InChI=1S/C13H9F3N2O2/c14-7-1-2-12(11(6-7)13(17)18-19)20-10-4-8(15)3-9(16)5-10/h1-6,19H,(H2,17,18). The number of hydrogen-bond acceptors (Lipinski definition) is 3. The number of nitrogens with zero attached hydrogens (tertiary/aromatic N) is 1. The predicted octanol–water partition coefficient (Wildman–Crippen LogP) is 2.99. The van der Waals surface area contributed by atoms with Gasteiger partial charge in [-0.15, -0.1) is 0 Å². The zero-order chi connectivity index (χ0) is 14.7. The third-order valence-corrected chi connectivity index (χ3v) is 2.39. The average molecular weight is 282 g/mol. The maximum Gasteiger partial charge on any atom is 0.173 e. The van der Waals surface area contributed by atoms with Crippen LogP contribution in [0.2, 0.25) is 0 Å². The van der Waals surface area contributed by atoms with Crippen LogP contribution in [0.4, 0.5) is 13.2 Å². The Balaban J connectivity index is 2.43. The lowest BCUT2D eigenvalue weighted by atomic mass is 10.2. The summed E-state index contributed by atoms with van der Waals surface area (Å²) in [4.78, 5) is 0. The van der Waals surface area contributed by atoms with Crippen molar-refractivity contribution in [2.75, 3.05) is 0 Å². The molecule has 2 aromatic rings. The number of ether oxygens (including phenoxy) is 1. The van der Waals surface area contributed by atoms with Crippen molar-refractivity contribution in [2.24, 2.45) is 10.9 Å². The van der Waals surface area contributed by atoms with E-state index in [1.54, 1.807) is 0 Å². The van der Waals surface area contributed by atoms with E-state index in [0.29, 0.717) is 6.07 Å². The molecule has 20 heavy (non-hydrogen) atoms. The van der Waals surface area contributed by atoms with Crippen LogP contribution in [0, 0.1) is 17.5 Å². The Morgan fingerprint density at radius 3 is 2.25 bits per heavy atom. The summed E-state index contributed by atoms with van der Waals surface area (Å²) in [5.74, 6) is -2.83. The molecule has 0 saturated heterocycles. The summed E-state index contributed by atoms with van der Waals surface area (Å²) >= 11 is 0. The average Bonchev–Trinajstić information content (AvgIpc) is 2.38. The normalized spacial score (nSPS) is 11.4. The summed E-state index contributed by atoms with van der Waals surface area (Å²) in [6, 6.07) is 5.82. The molecule has 0 amide bonds. The van der Waals surface area contributed by atoms with Gasteiger partial charge in [-0.05, 0) is 18.2 Å². The Hall–Kier alpha value is -2.70. The van der Waals surface area contributed by atoms with Crippen molar-refractivity contribution in [3.8, 4) is 11.5 Å². The SMILES string of the molecule is NC(=NO)c1cc(F)ccc1Oc1cc(F)cc(F)c1.